The number of benzene rings is 2. The minimum absolute atomic E-state index is 0.0626. The van der Waals surface area contributed by atoms with Gasteiger partial charge >= 0.3 is 0 Å². The predicted molar refractivity (Wildman–Crippen MR) is 105 cm³/mol. The van der Waals surface area contributed by atoms with Crippen LogP contribution in [0.3, 0.4) is 0 Å². The van der Waals surface area contributed by atoms with Gasteiger partial charge in [-0.25, -0.2) is 4.39 Å². The third kappa shape index (κ3) is 3.90. The van der Waals surface area contributed by atoms with Crippen molar-refractivity contribution in [1.82, 2.24) is 4.90 Å². The van der Waals surface area contributed by atoms with Crippen LogP contribution in [0, 0.1) is 5.82 Å². The Morgan fingerprint density at radius 3 is 2.48 bits per heavy atom. The number of hydrogen-bond donors (Lipinski definition) is 2. The highest BCUT2D eigenvalue weighted by atomic mass is 19.1. The molecule has 150 valence electrons. The van der Waals surface area contributed by atoms with Crippen LogP contribution in [-0.2, 0) is 9.59 Å². The molecule has 1 heterocycles. The number of amides is 1. The fraction of sp³-hybridized carbons (Fsp3) is 0.182. The molecule has 1 atom stereocenters. The maximum atomic E-state index is 14.5. The second kappa shape index (κ2) is 8.70. The van der Waals surface area contributed by atoms with E-state index in [1.54, 1.807) is 24.3 Å². The first-order valence-electron chi connectivity index (χ1n) is 8.97. The molecule has 0 spiro atoms. The number of β-amino-alcohol motifs (C(OH)–C–C–N with tert-alkyl or cyclic N) is 1. The van der Waals surface area contributed by atoms with E-state index in [0.717, 1.165) is 4.90 Å². The Balaban J connectivity index is 2.10. The van der Waals surface area contributed by atoms with Crippen LogP contribution in [0.4, 0.5) is 4.39 Å². The number of halogens is 1. The van der Waals surface area contributed by atoms with E-state index in [2.05, 4.69) is 6.58 Å². The Morgan fingerprint density at radius 1 is 1.17 bits per heavy atom. The van der Waals surface area contributed by atoms with Crippen LogP contribution in [0.15, 0.2) is 66.8 Å². The first-order valence-corrected chi connectivity index (χ1v) is 8.97. The summed E-state index contributed by atoms with van der Waals surface area (Å²) in [5, 5.41) is 20.1. The summed E-state index contributed by atoms with van der Waals surface area (Å²) in [4.78, 5) is 26.2. The SMILES string of the molecule is C=CCOc1ccc(/C(O)=C2\C(=O)C(=O)N(CCO)C2c2ccccc2F)cc1. The largest absolute Gasteiger partial charge is 0.507 e. The minimum Gasteiger partial charge on any atom is -0.507 e. The van der Waals surface area contributed by atoms with Gasteiger partial charge in [0, 0.05) is 17.7 Å². The molecule has 1 aliphatic rings. The highest BCUT2D eigenvalue weighted by Gasteiger charge is 2.46. The summed E-state index contributed by atoms with van der Waals surface area (Å²) in [5.74, 6) is -2.35. The van der Waals surface area contributed by atoms with Crippen molar-refractivity contribution in [3.05, 3.63) is 83.7 Å². The number of aliphatic hydroxyl groups excluding tert-OH is 2. The van der Waals surface area contributed by atoms with Crippen molar-refractivity contribution in [2.45, 2.75) is 6.04 Å². The number of ether oxygens (including phenoxy) is 1. The molecule has 2 aromatic rings. The number of nitrogens with zero attached hydrogens (tertiary/aromatic N) is 1. The number of carbonyl (C=O) groups excluding carboxylic acids is 2. The average molecular weight is 397 g/mol. The number of aliphatic hydroxyl groups is 2. The van der Waals surface area contributed by atoms with Gasteiger partial charge in [0.1, 0.15) is 23.9 Å². The predicted octanol–water partition coefficient (Wildman–Crippen LogP) is 2.80. The van der Waals surface area contributed by atoms with Gasteiger partial charge in [-0.15, -0.1) is 0 Å². The zero-order valence-electron chi connectivity index (χ0n) is 15.5. The molecule has 7 heteroatoms. The molecule has 0 aliphatic carbocycles. The summed E-state index contributed by atoms with van der Waals surface area (Å²) in [6.45, 7) is 3.29. The zero-order chi connectivity index (χ0) is 21.0. The molecule has 3 rings (SSSR count). The maximum absolute atomic E-state index is 14.5. The van der Waals surface area contributed by atoms with Gasteiger partial charge in [-0.3, -0.25) is 9.59 Å². The Hall–Kier alpha value is -3.45. The van der Waals surface area contributed by atoms with Gasteiger partial charge in [0.25, 0.3) is 11.7 Å². The van der Waals surface area contributed by atoms with E-state index in [9.17, 15) is 24.2 Å². The summed E-state index contributed by atoms with van der Waals surface area (Å²) in [6, 6.07) is 10.8. The lowest BCUT2D eigenvalue weighted by atomic mass is 9.95. The van der Waals surface area contributed by atoms with Crippen LogP contribution in [0.2, 0.25) is 0 Å². The van der Waals surface area contributed by atoms with Crippen molar-refractivity contribution >= 4 is 17.4 Å². The van der Waals surface area contributed by atoms with Gasteiger partial charge in [0.05, 0.1) is 18.2 Å². The van der Waals surface area contributed by atoms with Crippen LogP contribution in [-0.4, -0.2) is 46.6 Å². The lowest BCUT2D eigenvalue weighted by molar-refractivity contribution is -0.140. The summed E-state index contributed by atoms with van der Waals surface area (Å²) in [5.41, 5.74) is 0.111. The quantitative estimate of drug-likeness (QED) is 0.325. The van der Waals surface area contributed by atoms with Crippen molar-refractivity contribution < 1.29 is 28.9 Å². The van der Waals surface area contributed by atoms with Crippen LogP contribution in [0.25, 0.3) is 5.76 Å². The van der Waals surface area contributed by atoms with E-state index in [-0.39, 0.29) is 23.2 Å². The lowest BCUT2D eigenvalue weighted by Gasteiger charge is -2.24. The van der Waals surface area contributed by atoms with Gasteiger partial charge < -0.3 is 19.8 Å². The molecule has 0 bridgehead atoms. The number of rotatable bonds is 7. The minimum atomic E-state index is -1.14. The Kier molecular flexibility index (Phi) is 6.09. The van der Waals surface area contributed by atoms with E-state index in [4.69, 9.17) is 4.74 Å². The zero-order valence-corrected chi connectivity index (χ0v) is 15.5. The topological polar surface area (TPSA) is 87.1 Å². The molecule has 1 aliphatic heterocycles. The van der Waals surface area contributed by atoms with Crippen molar-refractivity contribution in [2.24, 2.45) is 0 Å². The second-order valence-electron chi connectivity index (χ2n) is 6.36. The lowest BCUT2D eigenvalue weighted by Crippen LogP contribution is -2.32. The molecule has 1 fully saturated rings. The Labute approximate surface area is 167 Å². The molecule has 1 amide bonds. The summed E-state index contributed by atoms with van der Waals surface area (Å²) in [6.07, 6.45) is 1.59. The summed E-state index contributed by atoms with van der Waals surface area (Å²) in [7, 11) is 0. The smallest absolute Gasteiger partial charge is 0.295 e. The van der Waals surface area contributed by atoms with Gasteiger partial charge in [0.2, 0.25) is 0 Å². The van der Waals surface area contributed by atoms with E-state index >= 15 is 0 Å². The van der Waals surface area contributed by atoms with Crippen molar-refractivity contribution in [3.63, 3.8) is 0 Å². The molecule has 0 saturated carbocycles. The molecule has 1 saturated heterocycles. The summed E-state index contributed by atoms with van der Waals surface area (Å²) >= 11 is 0. The monoisotopic (exact) mass is 397 g/mol. The molecule has 6 nitrogen and oxygen atoms in total. The molecule has 2 aromatic carbocycles. The number of likely N-dealkylation sites (tertiary alicyclic amines) is 1. The first kappa shape index (κ1) is 20.3. The van der Waals surface area contributed by atoms with Crippen molar-refractivity contribution in [1.29, 1.82) is 0 Å². The summed E-state index contributed by atoms with van der Waals surface area (Å²) < 4.78 is 19.9. The number of ketones is 1. The van der Waals surface area contributed by atoms with E-state index in [0.29, 0.717) is 12.4 Å². The molecular weight excluding hydrogens is 377 g/mol. The maximum Gasteiger partial charge on any atom is 0.295 e. The molecule has 29 heavy (non-hydrogen) atoms. The second-order valence-corrected chi connectivity index (χ2v) is 6.36. The molecule has 0 aromatic heterocycles. The highest BCUT2D eigenvalue weighted by molar-refractivity contribution is 6.46. The molecule has 0 radical (unpaired) electrons. The fourth-order valence-corrected chi connectivity index (χ4v) is 3.26. The Morgan fingerprint density at radius 2 is 1.86 bits per heavy atom. The van der Waals surface area contributed by atoms with Crippen LogP contribution in [0.5, 0.6) is 5.75 Å². The molecule has 1 unspecified atom stereocenters. The number of carbonyl (C=O) groups is 2. The van der Waals surface area contributed by atoms with Gasteiger partial charge in [-0.1, -0.05) is 30.9 Å². The van der Waals surface area contributed by atoms with Crippen molar-refractivity contribution in [2.75, 3.05) is 19.8 Å². The third-order valence-corrected chi connectivity index (χ3v) is 4.58. The van der Waals surface area contributed by atoms with Crippen molar-refractivity contribution in [3.8, 4) is 5.75 Å². The first-order chi connectivity index (χ1) is 14.0. The molecule has 2 N–H and O–H groups in total. The standard InChI is InChI=1S/C22H20FNO5/c1-2-13-29-15-9-7-14(8-10-15)20(26)18-19(16-5-3-4-6-17(16)23)24(11-12-25)22(28)21(18)27/h2-10,19,25-26H,1,11-13H2/b20-18+. The fourth-order valence-electron chi connectivity index (χ4n) is 3.26. The van der Waals surface area contributed by atoms with Gasteiger partial charge in [-0.05, 0) is 30.3 Å². The van der Waals surface area contributed by atoms with Gasteiger partial charge in [-0.2, -0.15) is 0 Å². The van der Waals surface area contributed by atoms with E-state index in [1.807, 2.05) is 0 Å². The molecular formula is C22H20FNO5. The van der Waals surface area contributed by atoms with E-state index in [1.165, 1.54) is 30.3 Å². The van der Waals surface area contributed by atoms with Crippen LogP contribution >= 0.6 is 0 Å². The third-order valence-electron chi connectivity index (χ3n) is 4.58. The van der Waals surface area contributed by atoms with Gasteiger partial charge in [0.15, 0.2) is 0 Å². The Bertz CT molecular complexity index is 967. The van der Waals surface area contributed by atoms with Crippen LogP contribution in [0.1, 0.15) is 17.2 Å². The van der Waals surface area contributed by atoms with Crippen LogP contribution < -0.4 is 4.74 Å². The average Bonchev–Trinajstić information content (AvgIpc) is 2.97. The van der Waals surface area contributed by atoms with E-state index < -0.39 is 35.9 Å². The number of hydrogen-bond acceptors (Lipinski definition) is 5. The number of Topliss-reactive ketones (excluding diaryl/α,β-unsaturated/α-hetero) is 1. The normalized spacial score (nSPS) is 18.1. The highest BCUT2D eigenvalue weighted by Crippen LogP contribution is 2.40.